The lowest BCUT2D eigenvalue weighted by Gasteiger charge is -2.26. The zero-order valence-electron chi connectivity index (χ0n) is 16.2. The monoisotopic (exact) mass is 398 g/mol. The highest BCUT2D eigenvalue weighted by Gasteiger charge is 2.17. The topological polar surface area (TPSA) is 56.7 Å². The summed E-state index contributed by atoms with van der Waals surface area (Å²) >= 11 is 6.19. The summed E-state index contributed by atoms with van der Waals surface area (Å²) in [6.07, 6.45) is 3.43. The van der Waals surface area contributed by atoms with Gasteiger partial charge in [-0.05, 0) is 48.6 Å². The van der Waals surface area contributed by atoms with Gasteiger partial charge in [0.15, 0.2) is 5.96 Å². The Kier molecular flexibility index (Phi) is 7.31. The fourth-order valence-electron chi connectivity index (χ4n) is 3.27. The van der Waals surface area contributed by atoms with Gasteiger partial charge in [0.05, 0.1) is 0 Å². The number of rotatable bonds is 5. The first kappa shape index (κ1) is 20.2. The van der Waals surface area contributed by atoms with E-state index in [4.69, 9.17) is 11.6 Å². The maximum Gasteiger partial charge on any atom is 0.253 e. The third-order valence-electron chi connectivity index (χ3n) is 4.93. The van der Waals surface area contributed by atoms with Crippen LogP contribution in [0.5, 0.6) is 0 Å². The molecule has 6 heteroatoms. The number of carbonyl (C=O) groups excluding carboxylic acids is 1. The van der Waals surface area contributed by atoms with Crippen LogP contribution in [-0.4, -0.2) is 36.9 Å². The van der Waals surface area contributed by atoms with Crippen LogP contribution in [0.4, 0.5) is 0 Å². The number of piperidine rings is 1. The molecule has 148 valence electrons. The summed E-state index contributed by atoms with van der Waals surface area (Å²) in [4.78, 5) is 18.7. The van der Waals surface area contributed by atoms with Gasteiger partial charge >= 0.3 is 0 Å². The fraction of sp³-hybridized carbons (Fsp3) is 0.364. The van der Waals surface area contributed by atoms with E-state index >= 15 is 0 Å². The number of amides is 1. The van der Waals surface area contributed by atoms with Crippen LogP contribution in [0.3, 0.4) is 0 Å². The Labute approximate surface area is 171 Å². The van der Waals surface area contributed by atoms with Crippen LogP contribution in [0.2, 0.25) is 5.02 Å². The molecule has 0 saturated carbocycles. The van der Waals surface area contributed by atoms with E-state index < -0.39 is 0 Å². The third-order valence-corrected chi connectivity index (χ3v) is 5.30. The molecule has 28 heavy (non-hydrogen) atoms. The Hall–Kier alpha value is -2.53. The van der Waals surface area contributed by atoms with Gasteiger partial charge in [0.1, 0.15) is 0 Å². The summed E-state index contributed by atoms with van der Waals surface area (Å²) in [6, 6.07) is 15.5. The summed E-state index contributed by atoms with van der Waals surface area (Å²) in [5.41, 5.74) is 2.87. The van der Waals surface area contributed by atoms with E-state index in [0.717, 1.165) is 47.6 Å². The lowest BCUT2D eigenvalue weighted by molar-refractivity contribution is 0.0724. The van der Waals surface area contributed by atoms with Crippen LogP contribution in [-0.2, 0) is 13.1 Å². The standard InChI is InChI=1S/C22H27ClN4O/c1-24-22(26-16-19-7-3-4-8-20(19)23)25-15-17-9-11-18(12-10-17)21(28)27-13-5-2-6-14-27/h3-4,7-12H,2,5-6,13-16H2,1H3,(H2,24,25,26). The lowest BCUT2D eigenvalue weighted by atomic mass is 10.1. The molecule has 2 aromatic rings. The van der Waals surface area contributed by atoms with Gasteiger partial charge in [-0.1, -0.05) is 41.9 Å². The number of benzene rings is 2. The molecule has 5 nitrogen and oxygen atoms in total. The van der Waals surface area contributed by atoms with E-state index in [1.807, 2.05) is 53.4 Å². The van der Waals surface area contributed by atoms with Crippen molar-refractivity contribution in [1.82, 2.24) is 15.5 Å². The molecular weight excluding hydrogens is 372 g/mol. The van der Waals surface area contributed by atoms with Gasteiger partial charge in [-0.3, -0.25) is 9.79 Å². The predicted octanol–water partition coefficient (Wildman–Crippen LogP) is 3.83. The number of likely N-dealkylation sites (tertiary alicyclic amines) is 1. The minimum Gasteiger partial charge on any atom is -0.352 e. The molecular formula is C22H27ClN4O. The van der Waals surface area contributed by atoms with Crippen molar-refractivity contribution in [3.63, 3.8) is 0 Å². The van der Waals surface area contributed by atoms with Crippen LogP contribution in [0, 0.1) is 0 Å². The molecule has 1 aliphatic rings. The second-order valence-electron chi connectivity index (χ2n) is 6.92. The Morgan fingerprint density at radius 2 is 1.68 bits per heavy atom. The van der Waals surface area contributed by atoms with Crippen LogP contribution >= 0.6 is 11.6 Å². The minimum atomic E-state index is 0.136. The molecule has 1 heterocycles. The van der Waals surface area contributed by atoms with E-state index in [2.05, 4.69) is 15.6 Å². The van der Waals surface area contributed by atoms with E-state index in [-0.39, 0.29) is 5.91 Å². The Balaban J connectivity index is 1.50. The van der Waals surface area contributed by atoms with Crippen molar-refractivity contribution >= 4 is 23.5 Å². The van der Waals surface area contributed by atoms with E-state index in [0.29, 0.717) is 19.0 Å². The molecule has 1 saturated heterocycles. The van der Waals surface area contributed by atoms with Crippen LogP contribution in [0.15, 0.2) is 53.5 Å². The zero-order chi connectivity index (χ0) is 19.8. The predicted molar refractivity (Wildman–Crippen MR) is 115 cm³/mol. The minimum absolute atomic E-state index is 0.136. The third kappa shape index (κ3) is 5.49. The Morgan fingerprint density at radius 1 is 1.00 bits per heavy atom. The van der Waals surface area contributed by atoms with E-state index in [9.17, 15) is 4.79 Å². The van der Waals surface area contributed by atoms with Crippen molar-refractivity contribution in [2.24, 2.45) is 4.99 Å². The molecule has 2 aromatic carbocycles. The number of nitrogens with zero attached hydrogens (tertiary/aromatic N) is 2. The zero-order valence-corrected chi connectivity index (χ0v) is 17.0. The summed E-state index contributed by atoms with van der Waals surface area (Å²) in [6.45, 7) is 2.97. The van der Waals surface area contributed by atoms with Crippen molar-refractivity contribution in [3.8, 4) is 0 Å². The van der Waals surface area contributed by atoms with Crippen molar-refractivity contribution in [3.05, 3.63) is 70.2 Å². The molecule has 1 fully saturated rings. The number of carbonyl (C=O) groups is 1. The highest BCUT2D eigenvalue weighted by Crippen LogP contribution is 2.15. The lowest BCUT2D eigenvalue weighted by Crippen LogP contribution is -2.36. The van der Waals surface area contributed by atoms with E-state index in [1.165, 1.54) is 6.42 Å². The van der Waals surface area contributed by atoms with Gasteiger partial charge in [-0.15, -0.1) is 0 Å². The molecule has 0 aromatic heterocycles. The molecule has 0 aliphatic carbocycles. The van der Waals surface area contributed by atoms with Crippen molar-refractivity contribution in [2.45, 2.75) is 32.4 Å². The smallest absolute Gasteiger partial charge is 0.253 e. The summed E-state index contributed by atoms with van der Waals surface area (Å²) in [7, 11) is 1.74. The quantitative estimate of drug-likeness (QED) is 0.594. The maximum absolute atomic E-state index is 12.5. The number of nitrogens with one attached hydrogen (secondary N) is 2. The number of guanidine groups is 1. The van der Waals surface area contributed by atoms with Gasteiger partial charge in [0.25, 0.3) is 5.91 Å². The molecule has 2 N–H and O–H groups in total. The Bertz CT molecular complexity index is 814. The molecule has 1 amide bonds. The van der Waals surface area contributed by atoms with Gasteiger partial charge in [0.2, 0.25) is 0 Å². The number of hydrogen-bond acceptors (Lipinski definition) is 2. The summed E-state index contributed by atoms with van der Waals surface area (Å²) < 4.78 is 0. The SMILES string of the molecule is CN=C(NCc1ccc(C(=O)N2CCCCC2)cc1)NCc1ccccc1Cl. The van der Waals surface area contributed by atoms with Gasteiger partial charge < -0.3 is 15.5 Å². The van der Waals surface area contributed by atoms with E-state index in [1.54, 1.807) is 7.05 Å². The molecule has 0 radical (unpaired) electrons. The normalized spacial score (nSPS) is 14.6. The molecule has 1 aliphatic heterocycles. The summed E-state index contributed by atoms with van der Waals surface area (Å²) in [5.74, 6) is 0.838. The average molecular weight is 399 g/mol. The Morgan fingerprint density at radius 3 is 2.36 bits per heavy atom. The van der Waals surface area contributed by atoms with Crippen molar-refractivity contribution in [2.75, 3.05) is 20.1 Å². The number of aliphatic imine (C=N–C) groups is 1. The first-order valence-corrected chi connectivity index (χ1v) is 10.1. The van der Waals surface area contributed by atoms with Crippen LogP contribution in [0.25, 0.3) is 0 Å². The van der Waals surface area contributed by atoms with Gasteiger partial charge in [0, 0.05) is 43.8 Å². The largest absolute Gasteiger partial charge is 0.352 e. The van der Waals surface area contributed by atoms with Crippen LogP contribution in [0.1, 0.15) is 40.7 Å². The molecule has 0 bridgehead atoms. The van der Waals surface area contributed by atoms with Crippen molar-refractivity contribution < 1.29 is 4.79 Å². The second-order valence-corrected chi connectivity index (χ2v) is 7.33. The first-order valence-electron chi connectivity index (χ1n) is 9.73. The number of halogens is 1. The highest BCUT2D eigenvalue weighted by molar-refractivity contribution is 6.31. The first-order chi connectivity index (χ1) is 13.7. The molecule has 0 atom stereocenters. The molecule has 3 rings (SSSR count). The maximum atomic E-state index is 12.5. The van der Waals surface area contributed by atoms with Gasteiger partial charge in [-0.25, -0.2) is 0 Å². The highest BCUT2D eigenvalue weighted by atomic mass is 35.5. The van der Waals surface area contributed by atoms with Crippen LogP contribution < -0.4 is 10.6 Å². The fourth-order valence-corrected chi connectivity index (χ4v) is 3.47. The summed E-state index contributed by atoms with van der Waals surface area (Å²) in [5, 5.41) is 7.29. The average Bonchev–Trinajstić information content (AvgIpc) is 2.75. The number of hydrogen-bond donors (Lipinski definition) is 2. The second kappa shape index (κ2) is 10.1. The van der Waals surface area contributed by atoms with Crippen molar-refractivity contribution in [1.29, 1.82) is 0 Å². The molecule has 0 spiro atoms. The van der Waals surface area contributed by atoms with Gasteiger partial charge in [-0.2, -0.15) is 0 Å². The molecule has 0 unspecified atom stereocenters.